The molecule has 5 heteroatoms. The van der Waals surface area contributed by atoms with Gasteiger partial charge in [-0.15, -0.1) is 0 Å². The summed E-state index contributed by atoms with van der Waals surface area (Å²) >= 11 is 0. The van der Waals surface area contributed by atoms with Crippen molar-refractivity contribution in [2.45, 2.75) is 26.4 Å². The number of nitro benzene ring substituents is 1. The van der Waals surface area contributed by atoms with Gasteiger partial charge in [0.2, 0.25) is 0 Å². The Labute approximate surface area is 140 Å². The highest BCUT2D eigenvalue weighted by Crippen LogP contribution is 2.41. The summed E-state index contributed by atoms with van der Waals surface area (Å²) in [5.41, 5.74) is 2.83. The third kappa shape index (κ3) is 3.25. The predicted octanol–water partition coefficient (Wildman–Crippen LogP) is 4.32. The van der Waals surface area contributed by atoms with Crippen LogP contribution in [0.1, 0.15) is 23.6 Å². The van der Waals surface area contributed by atoms with Gasteiger partial charge in [-0.25, -0.2) is 0 Å². The predicted molar refractivity (Wildman–Crippen MR) is 92.6 cm³/mol. The van der Waals surface area contributed by atoms with Gasteiger partial charge >= 0.3 is 0 Å². The number of rotatable bonds is 4. The third-order valence-corrected chi connectivity index (χ3v) is 3.96. The van der Waals surface area contributed by atoms with Crippen LogP contribution in [-0.2, 0) is 6.42 Å². The minimum absolute atomic E-state index is 0.0198. The van der Waals surface area contributed by atoms with Crippen molar-refractivity contribution < 1.29 is 14.4 Å². The molecule has 1 aliphatic rings. The Morgan fingerprint density at radius 2 is 2.00 bits per heavy atom. The van der Waals surface area contributed by atoms with Gasteiger partial charge in [0.1, 0.15) is 12.7 Å². The van der Waals surface area contributed by atoms with E-state index in [-0.39, 0.29) is 11.8 Å². The van der Waals surface area contributed by atoms with Gasteiger partial charge in [-0.3, -0.25) is 10.1 Å². The molecule has 0 spiro atoms. The molecule has 2 aromatic rings. The monoisotopic (exact) mass is 325 g/mol. The van der Waals surface area contributed by atoms with Crippen molar-refractivity contribution in [3.8, 4) is 11.5 Å². The fourth-order valence-electron chi connectivity index (χ4n) is 2.76. The molecular formula is C19H19NO4. The number of allylic oxidation sites excluding steroid dienone is 1. The molecule has 0 aromatic heterocycles. The Morgan fingerprint density at radius 3 is 2.67 bits per heavy atom. The quantitative estimate of drug-likeness (QED) is 0.620. The van der Waals surface area contributed by atoms with Gasteiger partial charge in [-0.05, 0) is 31.6 Å². The normalized spacial score (nSPS) is 16.3. The molecular weight excluding hydrogens is 306 g/mol. The van der Waals surface area contributed by atoms with Crippen LogP contribution in [0.25, 0.3) is 6.08 Å². The molecule has 2 aromatic carbocycles. The summed E-state index contributed by atoms with van der Waals surface area (Å²) in [6, 6.07) is 11.3. The first-order chi connectivity index (χ1) is 11.6. The standard InChI is InChI=1S/C19H19NO4/c1-3-4-16-17(20(21)22)9-10-18-19(16)24-15(12-23-18)11-14-7-5-13(2)6-8-14/h3-10,15H,11-12H2,1-2H3. The fourth-order valence-corrected chi connectivity index (χ4v) is 2.76. The van der Waals surface area contributed by atoms with Crippen molar-refractivity contribution in [3.63, 3.8) is 0 Å². The van der Waals surface area contributed by atoms with Crippen LogP contribution in [0.4, 0.5) is 5.69 Å². The van der Waals surface area contributed by atoms with Crippen molar-refractivity contribution in [2.75, 3.05) is 6.61 Å². The van der Waals surface area contributed by atoms with Gasteiger partial charge < -0.3 is 9.47 Å². The first-order valence-corrected chi connectivity index (χ1v) is 7.87. The number of nitrogens with zero attached hydrogens (tertiary/aromatic N) is 1. The van der Waals surface area contributed by atoms with Crippen molar-refractivity contribution in [1.82, 2.24) is 0 Å². The highest BCUT2D eigenvalue weighted by Gasteiger charge is 2.28. The maximum Gasteiger partial charge on any atom is 0.280 e. The number of hydrogen-bond donors (Lipinski definition) is 0. The Balaban J connectivity index is 1.89. The zero-order valence-corrected chi connectivity index (χ0v) is 13.7. The second-order valence-corrected chi connectivity index (χ2v) is 5.82. The molecule has 5 nitrogen and oxygen atoms in total. The fraction of sp³-hybridized carbons (Fsp3) is 0.263. The molecule has 0 saturated carbocycles. The van der Waals surface area contributed by atoms with E-state index in [1.807, 2.05) is 13.8 Å². The second-order valence-electron chi connectivity index (χ2n) is 5.82. The molecule has 1 heterocycles. The van der Waals surface area contributed by atoms with E-state index in [0.717, 1.165) is 5.56 Å². The minimum Gasteiger partial charge on any atom is -0.486 e. The number of hydrogen-bond acceptors (Lipinski definition) is 4. The summed E-state index contributed by atoms with van der Waals surface area (Å²) in [4.78, 5) is 10.9. The third-order valence-electron chi connectivity index (χ3n) is 3.96. The van der Waals surface area contributed by atoms with Crippen molar-refractivity contribution in [1.29, 1.82) is 0 Å². The molecule has 0 saturated heterocycles. The smallest absolute Gasteiger partial charge is 0.280 e. The van der Waals surface area contributed by atoms with Crippen molar-refractivity contribution in [2.24, 2.45) is 0 Å². The number of nitro groups is 1. The number of benzene rings is 2. The lowest BCUT2D eigenvalue weighted by atomic mass is 10.0. The lowest BCUT2D eigenvalue weighted by Crippen LogP contribution is -2.31. The van der Waals surface area contributed by atoms with Gasteiger partial charge in [0.25, 0.3) is 5.69 Å². The van der Waals surface area contributed by atoms with E-state index in [2.05, 4.69) is 24.3 Å². The summed E-state index contributed by atoms with van der Waals surface area (Å²) < 4.78 is 11.8. The highest BCUT2D eigenvalue weighted by molar-refractivity contribution is 5.71. The van der Waals surface area contributed by atoms with Crippen LogP contribution < -0.4 is 9.47 Å². The van der Waals surface area contributed by atoms with E-state index >= 15 is 0 Å². The van der Waals surface area contributed by atoms with Crippen LogP contribution in [0.3, 0.4) is 0 Å². The molecule has 0 amide bonds. The Bertz CT molecular complexity index is 781. The van der Waals surface area contributed by atoms with Gasteiger partial charge in [0.15, 0.2) is 11.5 Å². The zero-order valence-electron chi connectivity index (χ0n) is 13.7. The number of ether oxygens (including phenoxy) is 2. The van der Waals surface area contributed by atoms with E-state index in [1.54, 1.807) is 18.2 Å². The number of fused-ring (bicyclic) bond motifs is 1. The van der Waals surface area contributed by atoms with Crippen molar-refractivity contribution in [3.05, 3.63) is 69.3 Å². The summed E-state index contributed by atoms with van der Waals surface area (Å²) in [6.45, 7) is 4.29. The maximum atomic E-state index is 11.3. The van der Waals surface area contributed by atoms with Gasteiger partial charge in [-0.2, -0.15) is 0 Å². The molecule has 0 N–H and O–H groups in total. The molecule has 1 atom stereocenters. The minimum atomic E-state index is -0.400. The van der Waals surface area contributed by atoms with Crippen molar-refractivity contribution >= 4 is 11.8 Å². The molecule has 124 valence electrons. The molecule has 0 radical (unpaired) electrons. The summed E-state index contributed by atoms with van der Waals surface area (Å²) in [7, 11) is 0. The molecule has 1 unspecified atom stereocenters. The zero-order chi connectivity index (χ0) is 17.1. The first kappa shape index (κ1) is 16.1. The van der Waals surface area contributed by atoms with Crippen LogP contribution in [0, 0.1) is 17.0 Å². The van der Waals surface area contributed by atoms with E-state index in [1.165, 1.54) is 11.6 Å². The molecule has 0 aliphatic carbocycles. The largest absolute Gasteiger partial charge is 0.486 e. The Kier molecular flexibility index (Phi) is 4.51. The SMILES string of the molecule is CC=Cc1c([N+](=O)[O-])ccc2c1OC(Cc1ccc(C)cc1)CO2. The van der Waals surface area contributed by atoms with E-state index in [9.17, 15) is 10.1 Å². The Hall–Kier alpha value is -2.82. The molecule has 0 fully saturated rings. The van der Waals surface area contributed by atoms with Crippen LogP contribution in [0.2, 0.25) is 0 Å². The van der Waals surface area contributed by atoms with Gasteiger partial charge in [0.05, 0.1) is 10.5 Å². The molecule has 3 rings (SSSR count). The second kappa shape index (κ2) is 6.74. The summed E-state index contributed by atoms with van der Waals surface area (Å²) in [5, 5.41) is 11.3. The lowest BCUT2D eigenvalue weighted by molar-refractivity contribution is -0.385. The molecule has 1 aliphatic heterocycles. The van der Waals surface area contributed by atoms with E-state index in [0.29, 0.717) is 30.1 Å². The van der Waals surface area contributed by atoms with E-state index < -0.39 is 4.92 Å². The lowest BCUT2D eigenvalue weighted by Gasteiger charge is -2.27. The average molecular weight is 325 g/mol. The van der Waals surface area contributed by atoms with Gasteiger partial charge in [-0.1, -0.05) is 35.9 Å². The molecule has 24 heavy (non-hydrogen) atoms. The highest BCUT2D eigenvalue weighted by atomic mass is 16.6. The van der Waals surface area contributed by atoms with Gasteiger partial charge in [0, 0.05) is 12.5 Å². The topological polar surface area (TPSA) is 61.6 Å². The van der Waals surface area contributed by atoms with Crippen LogP contribution in [0.15, 0.2) is 42.5 Å². The van der Waals surface area contributed by atoms with Crippen LogP contribution >= 0.6 is 0 Å². The Morgan fingerprint density at radius 1 is 1.25 bits per heavy atom. The van der Waals surface area contributed by atoms with Crippen LogP contribution in [-0.4, -0.2) is 17.6 Å². The maximum absolute atomic E-state index is 11.3. The van der Waals surface area contributed by atoms with Crippen LogP contribution in [0.5, 0.6) is 11.5 Å². The molecule has 0 bridgehead atoms. The number of aryl methyl sites for hydroxylation is 1. The van der Waals surface area contributed by atoms with E-state index in [4.69, 9.17) is 9.47 Å². The first-order valence-electron chi connectivity index (χ1n) is 7.87. The summed E-state index contributed by atoms with van der Waals surface area (Å²) in [5.74, 6) is 1.000. The average Bonchev–Trinajstić information content (AvgIpc) is 2.57. The summed E-state index contributed by atoms with van der Waals surface area (Å²) in [6.07, 6.45) is 3.97.